The van der Waals surface area contributed by atoms with Crippen LogP contribution in [-0.2, 0) is 9.59 Å². The first-order chi connectivity index (χ1) is 10.5. The summed E-state index contributed by atoms with van der Waals surface area (Å²) in [4.78, 5) is 25.5. The second kappa shape index (κ2) is 6.40. The van der Waals surface area contributed by atoms with Gasteiger partial charge in [-0.05, 0) is 36.0 Å². The summed E-state index contributed by atoms with van der Waals surface area (Å²) in [6.07, 6.45) is 2.90. The summed E-state index contributed by atoms with van der Waals surface area (Å²) in [5.74, 6) is -0.871. The van der Waals surface area contributed by atoms with Crippen LogP contribution in [0.3, 0.4) is 0 Å². The van der Waals surface area contributed by atoms with Gasteiger partial charge in [-0.25, -0.2) is 0 Å². The number of benzene rings is 1. The Balaban J connectivity index is 2.38. The minimum atomic E-state index is -0.578. The zero-order chi connectivity index (χ0) is 16.3. The van der Waals surface area contributed by atoms with Gasteiger partial charge in [0.15, 0.2) is 16.6 Å². The fourth-order valence-corrected chi connectivity index (χ4v) is 2.20. The minimum Gasteiger partial charge on any atom is -0.504 e. The highest BCUT2D eigenvalue weighted by Crippen LogP contribution is 2.27. The summed E-state index contributed by atoms with van der Waals surface area (Å²) in [6.45, 7) is 3.75. The average Bonchev–Trinajstić information content (AvgIpc) is 2.48. The van der Waals surface area contributed by atoms with Crippen LogP contribution in [0.1, 0.15) is 5.56 Å². The SMILES string of the molecule is C=CCN1C(=O)C(=Cc2ccc(OC)c(O)c2)C(=O)NC1=S. The molecule has 2 rings (SSSR count). The monoisotopic (exact) mass is 318 g/mol. The summed E-state index contributed by atoms with van der Waals surface area (Å²) < 4.78 is 4.94. The van der Waals surface area contributed by atoms with Crippen LogP contribution < -0.4 is 10.1 Å². The van der Waals surface area contributed by atoms with E-state index in [4.69, 9.17) is 17.0 Å². The highest BCUT2D eigenvalue weighted by Gasteiger charge is 2.32. The Morgan fingerprint density at radius 1 is 1.45 bits per heavy atom. The van der Waals surface area contributed by atoms with E-state index in [1.807, 2.05) is 0 Å². The number of phenols is 1. The molecule has 0 aliphatic carbocycles. The Hall–Kier alpha value is -2.67. The van der Waals surface area contributed by atoms with Crippen molar-refractivity contribution in [2.45, 2.75) is 0 Å². The summed E-state index contributed by atoms with van der Waals surface area (Å²) in [5.41, 5.74) is 0.420. The lowest BCUT2D eigenvalue weighted by Gasteiger charge is -2.27. The van der Waals surface area contributed by atoms with Gasteiger partial charge in [0.25, 0.3) is 11.8 Å². The molecule has 1 aliphatic heterocycles. The van der Waals surface area contributed by atoms with Crippen molar-refractivity contribution in [3.8, 4) is 11.5 Å². The van der Waals surface area contributed by atoms with Gasteiger partial charge in [-0.1, -0.05) is 12.1 Å². The number of ether oxygens (including phenoxy) is 1. The predicted octanol–water partition coefficient (Wildman–Crippen LogP) is 1.21. The molecule has 1 fully saturated rings. The number of nitrogens with zero attached hydrogens (tertiary/aromatic N) is 1. The fourth-order valence-electron chi connectivity index (χ4n) is 1.95. The van der Waals surface area contributed by atoms with Gasteiger partial charge in [-0.2, -0.15) is 0 Å². The van der Waals surface area contributed by atoms with E-state index in [-0.39, 0.29) is 23.0 Å². The van der Waals surface area contributed by atoms with Crippen molar-refractivity contribution in [2.75, 3.05) is 13.7 Å². The molecular formula is C15H14N2O4S. The molecule has 1 heterocycles. The van der Waals surface area contributed by atoms with E-state index < -0.39 is 11.8 Å². The number of nitrogens with one attached hydrogen (secondary N) is 1. The van der Waals surface area contributed by atoms with Crippen molar-refractivity contribution < 1.29 is 19.4 Å². The van der Waals surface area contributed by atoms with Gasteiger partial charge in [0.05, 0.1) is 7.11 Å². The van der Waals surface area contributed by atoms with E-state index in [1.165, 1.54) is 30.2 Å². The van der Waals surface area contributed by atoms with Crippen molar-refractivity contribution in [1.82, 2.24) is 10.2 Å². The molecule has 0 radical (unpaired) electrons. The van der Waals surface area contributed by atoms with Gasteiger partial charge in [0, 0.05) is 6.54 Å². The largest absolute Gasteiger partial charge is 0.504 e. The maximum atomic E-state index is 12.3. The number of hydrogen-bond acceptors (Lipinski definition) is 5. The fraction of sp³-hybridized carbons (Fsp3) is 0.133. The second-order valence-corrected chi connectivity index (χ2v) is 4.84. The first kappa shape index (κ1) is 15.7. The van der Waals surface area contributed by atoms with Crippen LogP contribution in [0.4, 0.5) is 0 Å². The molecule has 0 saturated carbocycles. The Labute approximate surface area is 132 Å². The number of amides is 2. The third-order valence-corrected chi connectivity index (χ3v) is 3.33. The molecule has 1 aromatic carbocycles. The summed E-state index contributed by atoms with van der Waals surface area (Å²) >= 11 is 4.96. The van der Waals surface area contributed by atoms with E-state index in [0.29, 0.717) is 11.3 Å². The number of carbonyl (C=O) groups is 2. The highest BCUT2D eigenvalue weighted by atomic mass is 32.1. The van der Waals surface area contributed by atoms with Gasteiger partial charge in [0.1, 0.15) is 5.57 Å². The molecule has 0 atom stereocenters. The summed E-state index contributed by atoms with van der Waals surface area (Å²) in [7, 11) is 1.43. The maximum absolute atomic E-state index is 12.3. The second-order valence-electron chi connectivity index (χ2n) is 4.45. The Morgan fingerprint density at radius 2 is 2.18 bits per heavy atom. The third kappa shape index (κ3) is 2.99. The van der Waals surface area contributed by atoms with Gasteiger partial charge >= 0.3 is 0 Å². The Morgan fingerprint density at radius 3 is 2.77 bits per heavy atom. The molecule has 2 amide bonds. The van der Waals surface area contributed by atoms with E-state index in [0.717, 1.165) is 0 Å². The number of methoxy groups -OCH3 is 1. The molecule has 2 N–H and O–H groups in total. The van der Waals surface area contributed by atoms with Crippen LogP contribution >= 0.6 is 12.2 Å². The number of carbonyl (C=O) groups excluding carboxylic acids is 2. The third-order valence-electron chi connectivity index (χ3n) is 3.01. The lowest BCUT2D eigenvalue weighted by molar-refractivity contribution is -0.128. The van der Waals surface area contributed by atoms with Crippen molar-refractivity contribution >= 4 is 35.2 Å². The molecule has 1 saturated heterocycles. The van der Waals surface area contributed by atoms with Crippen molar-refractivity contribution in [3.63, 3.8) is 0 Å². The van der Waals surface area contributed by atoms with Gasteiger partial charge in [0.2, 0.25) is 0 Å². The van der Waals surface area contributed by atoms with E-state index >= 15 is 0 Å². The zero-order valence-corrected chi connectivity index (χ0v) is 12.6. The molecule has 7 heteroatoms. The van der Waals surface area contributed by atoms with Crippen molar-refractivity contribution in [1.29, 1.82) is 0 Å². The molecular weight excluding hydrogens is 304 g/mol. The minimum absolute atomic E-state index is 0.0460. The Kier molecular flexibility index (Phi) is 4.57. The molecule has 0 aromatic heterocycles. The zero-order valence-electron chi connectivity index (χ0n) is 11.8. The normalized spacial score (nSPS) is 16.7. The molecule has 114 valence electrons. The average molecular weight is 318 g/mol. The van der Waals surface area contributed by atoms with Crippen LogP contribution in [0.2, 0.25) is 0 Å². The van der Waals surface area contributed by atoms with Gasteiger partial charge in [-0.3, -0.25) is 19.8 Å². The lowest BCUT2D eigenvalue weighted by Crippen LogP contribution is -2.53. The first-order valence-electron chi connectivity index (χ1n) is 6.34. The number of thiocarbonyl (C=S) groups is 1. The predicted molar refractivity (Wildman–Crippen MR) is 85.3 cm³/mol. The molecule has 22 heavy (non-hydrogen) atoms. The molecule has 0 bridgehead atoms. The number of phenolic OH excluding ortho intramolecular Hbond substituents is 1. The standard InChI is InChI=1S/C15H14N2O4S/c1-3-6-17-14(20)10(13(19)16-15(17)22)7-9-4-5-12(21-2)11(18)8-9/h3-5,7-8,18H,1,6H2,2H3,(H,16,19,22). The van der Waals surface area contributed by atoms with Crippen LogP contribution in [0, 0.1) is 0 Å². The maximum Gasteiger partial charge on any atom is 0.265 e. The van der Waals surface area contributed by atoms with Crippen LogP contribution in [0.5, 0.6) is 11.5 Å². The van der Waals surface area contributed by atoms with Gasteiger partial charge < -0.3 is 9.84 Å². The molecule has 6 nitrogen and oxygen atoms in total. The van der Waals surface area contributed by atoms with Crippen LogP contribution in [-0.4, -0.2) is 40.6 Å². The van der Waals surface area contributed by atoms with E-state index in [9.17, 15) is 14.7 Å². The molecule has 0 spiro atoms. The molecule has 1 aromatic rings. The summed E-state index contributed by atoms with van der Waals surface area (Å²) in [6, 6.07) is 4.56. The smallest absolute Gasteiger partial charge is 0.265 e. The van der Waals surface area contributed by atoms with Crippen molar-refractivity contribution in [2.24, 2.45) is 0 Å². The Bertz CT molecular complexity index is 697. The number of hydrogen-bond donors (Lipinski definition) is 2. The lowest BCUT2D eigenvalue weighted by atomic mass is 10.1. The molecule has 1 aliphatic rings. The van der Waals surface area contributed by atoms with Crippen molar-refractivity contribution in [3.05, 3.63) is 42.0 Å². The van der Waals surface area contributed by atoms with Crippen LogP contribution in [0.15, 0.2) is 36.4 Å². The topological polar surface area (TPSA) is 78.9 Å². The first-order valence-corrected chi connectivity index (χ1v) is 6.75. The summed E-state index contributed by atoms with van der Waals surface area (Å²) in [5, 5.41) is 12.2. The molecule has 0 unspecified atom stereocenters. The quantitative estimate of drug-likeness (QED) is 0.378. The van der Waals surface area contributed by atoms with Crippen LogP contribution in [0.25, 0.3) is 6.08 Å². The number of rotatable bonds is 4. The van der Waals surface area contributed by atoms with E-state index in [2.05, 4.69) is 11.9 Å². The highest BCUT2D eigenvalue weighted by molar-refractivity contribution is 7.80. The van der Waals surface area contributed by atoms with E-state index in [1.54, 1.807) is 12.1 Å². The number of aromatic hydroxyl groups is 1. The van der Waals surface area contributed by atoms with Gasteiger partial charge in [-0.15, -0.1) is 6.58 Å².